The number of anilines is 2. The van der Waals surface area contributed by atoms with Crippen molar-refractivity contribution in [2.75, 3.05) is 10.6 Å². The second kappa shape index (κ2) is 7.95. The number of hydrogen-bond donors (Lipinski definition) is 2. The van der Waals surface area contributed by atoms with Crippen LogP contribution < -0.4 is 10.6 Å². The number of carbonyl (C=O) groups excluding carboxylic acids is 1. The molecular formula is C20H23FN2O. The Labute approximate surface area is 142 Å². The molecule has 2 aromatic rings. The topological polar surface area (TPSA) is 41.1 Å². The van der Waals surface area contributed by atoms with Gasteiger partial charge >= 0.3 is 0 Å². The van der Waals surface area contributed by atoms with Gasteiger partial charge in [-0.15, -0.1) is 0 Å². The fourth-order valence-electron chi connectivity index (χ4n) is 3.09. The Bertz CT molecular complexity index is 661. The Morgan fingerprint density at radius 2 is 1.54 bits per heavy atom. The van der Waals surface area contributed by atoms with Gasteiger partial charge in [-0.2, -0.15) is 0 Å². The van der Waals surface area contributed by atoms with Crippen molar-refractivity contribution < 1.29 is 9.18 Å². The van der Waals surface area contributed by atoms with Crippen LogP contribution in [0, 0.1) is 11.7 Å². The van der Waals surface area contributed by atoms with Crippen LogP contribution in [0.3, 0.4) is 0 Å². The van der Waals surface area contributed by atoms with Gasteiger partial charge in [-0.3, -0.25) is 4.79 Å². The van der Waals surface area contributed by atoms with E-state index in [1.54, 1.807) is 12.1 Å². The van der Waals surface area contributed by atoms with Gasteiger partial charge in [0.05, 0.1) is 0 Å². The van der Waals surface area contributed by atoms with Crippen LogP contribution in [-0.2, 0) is 11.3 Å². The number of nitrogens with one attached hydrogen (secondary N) is 2. The maximum Gasteiger partial charge on any atom is 0.227 e. The highest BCUT2D eigenvalue weighted by molar-refractivity contribution is 5.92. The van der Waals surface area contributed by atoms with Gasteiger partial charge in [0.25, 0.3) is 0 Å². The van der Waals surface area contributed by atoms with Crippen LogP contribution >= 0.6 is 0 Å². The molecule has 0 unspecified atom stereocenters. The lowest BCUT2D eigenvalue weighted by Gasteiger charge is -2.20. The van der Waals surface area contributed by atoms with Gasteiger partial charge < -0.3 is 10.6 Å². The van der Waals surface area contributed by atoms with Gasteiger partial charge in [0.2, 0.25) is 5.91 Å². The number of benzene rings is 2. The molecule has 24 heavy (non-hydrogen) atoms. The number of amides is 1. The quantitative estimate of drug-likeness (QED) is 0.815. The highest BCUT2D eigenvalue weighted by Crippen LogP contribution is 2.25. The molecule has 1 aliphatic carbocycles. The van der Waals surface area contributed by atoms with E-state index in [4.69, 9.17) is 0 Å². The van der Waals surface area contributed by atoms with Crippen molar-refractivity contribution in [2.24, 2.45) is 5.92 Å². The monoisotopic (exact) mass is 326 g/mol. The summed E-state index contributed by atoms with van der Waals surface area (Å²) in [4.78, 5) is 12.2. The van der Waals surface area contributed by atoms with Crippen molar-refractivity contribution in [1.29, 1.82) is 0 Å². The summed E-state index contributed by atoms with van der Waals surface area (Å²) in [7, 11) is 0. The van der Waals surface area contributed by atoms with Gasteiger partial charge in [-0.25, -0.2) is 4.39 Å². The second-order valence-electron chi connectivity index (χ2n) is 6.38. The van der Waals surface area contributed by atoms with Crippen molar-refractivity contribution in [1.82, 2.24) is 0 Å². The Kier molecular flexibility index (Phi) is 5.47. The van der Waals surface area contributed by atoms with Crippen molar-refractivity contribution in [3.63, 3.8) is 0 Å². The van der Waals surface area contributed by atoms with E-state index in [1.165, 1.54) is 18.6 Å². The first-order chi connectivity index (χ1) is 11.7. The van der Waals surface area contributed by atoms with Crippen molar-refractivity contribution in [3.8, 4) is 0 Å². The SMILES string of the molecule is O=C(Nc1ccc(NCc2ccc(F)cc2)cc1)C1CCCCC1. The Morgan fingerprint density at radius 3 is 2.21 bits per heavy atom. The average molecular weight is 326 g/mol. The number of carbonyl (C=O) groups is 1. The Hall–Kier alpha value is -2.36. The van der Waals surface area contributed by atoms with E-state index >= 15 is 0 Å². The average Bonchev–Trinajstić information content (AvgIpc) is 2.63. The molecule has 2 N–H and O–H groups in total. The zero-order chi connectivity index (χ0) is 16.8. The number of hydrogen-bond acceptors (Lipinski definition) is 2. The molecule has 4 heteroatoms. The van der Waals surface area contributed by atoms with Crippen molar-refractivity contribution in [3.05, 3.63) is 59.9 Å². The summed E-state index contributed by atoms with van der Waals surface area (Å²) in [5, 5.41) is 6.30. The molecule has 0 aliphatic heterocycles. The third kappa shape index (κ3) is 4.57. The number of halogens is 1. The van der Waals surface area contributed by atoms with Crippen molar-refractivity contribution >= 4 is 17.3 Å². The van der Waals surface area contributed by atoms with E-state index < -0.39 is 0 Å². The molecule has 1 fully saturated rings. The molecule has 3 nitrogen and oxygen atoms in total. The normalized spacial score (nSPS) is 15.0. The minimum absolute atomic E-state index is 0.140. The highest BCUT2D eigenvalue weighted by atomic mass is 19.1. The lowest BCUT2D eigenvalue weighted by Crippen LogP contribution is -2.24. The fraction of sp³-hybridized carbons (Fsp3) is 0.350. The van der Waals surface area contributed by atoms with Crippen LogP contribution in [0.5, 0.6) is 0 Å². The van der Waals surface area contributed by atoms with Crippen LogP contribution in [0.1, 0.15) is 37.7 Å². The molecule has 0 atom stereocenters. The molecule has 126 valence electrons. The van der Waals surface area contributed by atoms with Gasteiger partial charge in [-0.05, 0) is 54.8 Å². The molecule has 1 amide bonds. The molecule has 3 rings (SSSR count). The minimum Gasteiger partial charge on any atom is -0.381 e. The first-order valence-corrected chi connectivity index (χ1v) is 8.60. The van der Waals surface area contributed by atoms with Gasteiger partial charge in [0.1, 0.15) is 5.82 Å². The van der Waals surface area contributed by atoms with Crippen LogP contribution in [0.4, 0.5) is 15.8 Å². The van der Waals surface area contributed by atoms with E-state index in [0.29, 0.717) is 6.54 Å². The van der Waals surface area contributed by atoms with E-state index in [2.05, 4.69) is 10.6 Å². The predicted molar refractivity (Wildman–Crippen MR) is 95.4 cm³/mol. The fourth-order valence-corrected chi connectivity index (χ4v) is 3.09. The highest BCUT2D eigenvalue weighted by Gasteiger charge is 2.20. The predicted octanol–water partition coefficient (Wildman–Crippen LogP) is 4.96. The molecule has 0 heterocycles. The molecule has 1 aliphatic rings. The van der Waals surface area contributed by atoms with Crippen LogP contribution in [0.15, 0.2) is 48.5 Å². The lowest BCUT2D eigenvalue weighted by molar-refractivity contribution is -0.120. The van der Waals surface area contributed by atoms with Gasteiger partial charge in [0, 0.05) is 23.8 Å². The van der Waals surface area contributed by atoms with E-state index in [1.807, 2.05) is 24.3 Å². The molecular weight excluding hydrogens is 303 g/mol. The third-order valence-corrected chi connectivity index (χ3v) is 4.54. The van der Waals surface area contributed by atoms with E-state index in [9.17, 15) is 9.18 Å². The molecule has 0 aromatic heterocycles. The molecule has 2 aromatic carbocycles. The zero-order valence-corrected chi connectivity index (χ0v) is 13.7. The summed E-state index contributed by atoms with van der Waals surface area (Å²) in [5.74, 6) is 0.0774. The summed E-state index contributed by atoms with van der Waals surface area (Å²) in [6, 6.07) is 14.2. The summed E-state index contributed by atoms with van der Waals surface area (Å²) >= 11 is 0. The Balaban J connectivity index is 1.51. The smallest absolute Gasteiger partial charge is 0.227 e. The molecule has 1 saturated carbocycles. The second-order valence-corrected chi connectivity index (χ2v) is 6.38. The summed E-state index contributed by atoms with van der Waals surface area (Å²) in [6.45, 7) is 0.633. The minimum atomic E-state index is -0.225. The largest absolute Gasteiger partial charge is 0.381 e. The third-order valence-electron chi connectivity index (χ3n) is 4.54. The molecule has 0 radical (unpaired) electrons. The molecule has 0 spiro atoms. The van der Waals surface area contributed by atoms with Crippen LogP contribution in [0.25, 0.3) is 0 Å². The first kappa shape index (κ1) is 16.5. The van der Waals surface area contributed by atoms with Crippen LogP contribution in [-0.4, -0.2) is 5.91 Å². The maximum atomic E-state index is 12.9. The maximum absolute atomic E-state index is 12.9. The molecule has 0 bridgehead atoms. The van der Waals surface area contributed by atoms with Crippen LogP contribution in [0.2, 0.25) is 0 Å². The summed E-state index contributed by atoms with van der Waals surface area (Å²) in [5.41, 5.74) is 2.82. The Morgan fingerprint density at radius 1 is 0.917 bits per heavy atom. The first-order valence-electron chi connectivity index (χ1n) is 8.60. The number of rotatable bonds is 5. The van der Waals surface area contributed by atoms with Gasteiger partial charge in [0.15, 0.2) is 0 Å². The van der Waals surface area contributed by atoms with Gasteiger partial charge in [-0.1, -0.05) is 31.4 Å². The summed E-state index contributed by atoms with van der Waals surface area (Å²) < 4.78 is 12.9. The van der Waals surface area contributed by atoms with E-state index in [-0.39, 0.29) is 17.6 Å². The van der Waals surface area contributed by atoms with Crippen molar-refractivity contribution in [2.45, 2.75) is 38.6 Å². The zero-order valence-electron chi connectivity index (χ0n) is 13.7. The standard InChI is InChI=1S/C20H23FN2O/c21-17-8-6-15(7-9-17)14-22-18-10-12-19(13-11-18)23-20(24)16-4-2-1-3-5-16/h6-13,16,22H,1-5,14H2,(H,23,24). The molecule has 0 saturated heterocycles. The lowest BCUT2D eigenvalue weighted by atomic mass is 9.88. The summed E-state index contributed by atoms with van der Waals surface area (Å²) in [6.07, 6.45) is 5.57. The van der Waals surface area contributed by atoms with E-state index in [0.717, 1.165) is 42.6 Å².